The van der Waals surface area contributed by atoms with Gasteiger partial charge in [-0.15, -0.1) is 0 Å². The van der Waals surface area contributed by atoms with Gasteiger partial charge in [-0.2, -0.15) is 0 Å². The molecule has 12 heavy (non-hydrogen) atoms. The summed E-state index contributed by atoms with van der Waals surface area (Å²) in [4.78, 5) is 6.03. The van der Waals surface area contributed by atoms with Crippen LogP contribution >= 0.6 is 0 Å². The van der Waals surface area contributed by atoms with E-state index in [-0.39, 0.29) is 0 Å². The van der Waals surface area contributed by atoms with Crippen LogP contribution in [0.2, 0.25) is 0 Å². The molecule has 0 bridgehead atoms. The molecule has 1 aliphatic rings. The van der Waals surface area contributed by atoms with Gasteiger partial charge in [0.05, 0.1) is 11.9 Å². The van der Waals surface area contributed by atoms with Gasteiger partial charge in [-0.25, -0.2) is 0 Å². The van der Waals surface area contributed by atoms with E-state index in [0.29, 0.717) is 5.84 Å². The number of hydrogen-bond donors (Lipinski definition) is 1. The number of hydrogen-bond acceptors (Lipinski definition) is 2. The van der Waals surface area contributed by atoms with Crippen molar-refractivity contribution in [3.05, 3.63) is 24.5 Å². The second-order valence-corrected chi connectivity index (χ2v) is 2.91. The smallest absolute Gasteiger partial charge is 0.100 e. The summed E-state index contributed by atoms with van der Waals surface area (Å²) in [5.74, 6) is 0.711. The lowest BCUT2D eigenvalue weighted by atomic mass is 10.4. The highest BCUT2D eigenvalue weighted by Gasteiger charge is 2.17. The molecule has 0 atom stereocenters. The largest absolute Gasteiger partial charge is 0.329 e. The van der Waals surface area contributed by atoms with E-state index in [2.05, 4.69) is 4.98 Å². The maximum atomic E-state index is 7.64. The van der Waals surface area contributed by atoms with Gasteiger partial charge < -0.3 is 4.90 Å². The zero-order valence-electron chi connectivity index (χ0n) is 6.83. The minimum atomic E-state index is 0.711. The van der Waals surface area contributed by atoms with Crippen molar-refractivity contribution in [1.29, 1.82) is 5.41 Å². The van der Waals surface area contributed by atoms with Crippen LogP contribution < -0.4 is 4.90 Å². The van der Waals surface area contributed by atoms with Crippen LogP contribution in [0.3, 0.4) is 0 Å². The predicted molar refractivity (Wildman–Crippen MR) is 48.5 cm³/mol. The molecule has 0 aromatic carbocycles. The molecule has 0 unspecified atom stereocenters. The van der Waals surface area contributed by atoms with Gasteiger partial charge in [-0.05, 0) is 18.6 Å². The van der Waals surface area contributed by atoms with Crippen molar-refractivity contribution in [1.82, 2.24) is 4.98 Å². The third kappa shape index (κ3) is 1.18. The van der Waals surface area contributed by atoms with Crippen LogP contribution in [0, 0.1) is 5.41 Å². The van der Waals surface area contributed by atoms with Gasteiger partial charge in [0.25, 0.3) is 0 Å². The van der Waals surface area contributed by atoms with Crippen molar-refractivity contribution in [2.75, 3.05) is 11.4 Å². The van der Waals surface area contributed by atoms with E-state index >= 15 is 0 Å². The van der Waals surface area contributed by atoms with E-state index in [1.165, 1.54) is 0 Å². The molecule has 1 fully saturated rings. The summed E-state index contributed by atoms with van der Waals surface area (Å²) in [5, 5.41) is 7.64. The zero-order chi connectivity index (χ0) is 8.39. The predicted octanol–water partition coefficient (Wildman–Crippen LogP) is 1.66. The Morgan fingerprint density at radius 1 is 1.50 bits per heavy atom. The molecule has 3 heteroatoms. The topological polar surface area (TPSA) is 40.0 Å². The fourth-order valence-corrected chi connectivity index (χ4v) is 1.47. The number of pyridine rings is 1. The molecule has 1 aromatic rings. The zero-order valence-corrected chi connectivity index (χ0v) is 6.83. The van der Waals surface area contributed by atoms with Crippen molar-refractivity contribution >= 4 is 11.5 Å². The number of anilines is 1. The van der Waals surface area contributed by atoms with Gasteiger partial charge in [0.2, 0.25) is 0 Å². The third-order valence-electron chi connectivity index (χ3n) is 2.08. The van der Waals surface area contributed by atoms with Gasteiger partial charge in [-0.1, -0.05) is 0 Å². The Kier molecular flexibility index (Phi) is 1.78. The van der Waals surface area contributed by atoms with Crippen molar-refractivity contribution in [2.45, 2.75) is 12.8 Å². The summed E-state index contributed by atoms with van der Waals surface area (Å²) in [7, 11) is 0. The van der Waals surface area contributed by atoms with Crippen LogP contribution in [0.1, 0.15) is 12.8 Å². The van der Waals surface area contributed by atoms with Crippen molar-refractivity contribution in [3.63, 3.8) is 0 Å². The van der Waals surface area contributed by atoms with Gasteiger partial charge in [0, 0.05) is 19.2 Å². The second kappa shape index (κ2) is 2.93. The number of nitrogens with zero attached hydrogens (tertiary/aromatic N) is 2. The molecule has 2 heterocycles. The normalized spacial score (nSPS) is 17.0. The highest BCUT2D eigenvalue weighted by Crippen LogP contribution is 2.19. The van der Waals surface area contributed by atoms with Gasteiger partial charge in [0.1, 0.15) is 5.84 Å². The van der Waals surface area contributed by atoms with Crippen LogP contribution in [0.15, 0.2) is 24.5 Å². The molecule has 1 N–H and O–H groups in total. The van der Waals surface area contributed by atoms with E-state index in [1.807, 2.05) is 17.0 Å². The first-order chi connectivity index (χ1) is 5.88. The van der Waals surface area contributed by atoms with E-state index in [1.54, 1.807) is 12.4 Å². The maximum absolute atomic E-state index is 7.64. The van der Waals surface area contributed by atoms with Crippen LogP contribution in [0.25, 0.3) is 0 Å². The van der Waals surface area contributed by atoms with Crippen LogP contribution in [0.5, 0.6) is 0 Å². The molecule has 2 rings (SSSR count). The van der Waals surface area contributed by atoms with Crippen LogP contribution in [0.4, 0.5) is 5.69 Å². The number of nitrogens with one attached hydrogen (secondary N) is 1. The number of amidine groups is 1. The Labute approximate surface area is 71.6 Å². The summed E-state index contributed by atoms with van der Waals surface area (Å²) in [6.45, 7) is 0.963. The molecule has 3 nitrogen and oxygen atoms in total. The minimum absolute atomic E-state index is 0.711. The molecule has 62 valence electrons. The SMILES string of the molecule is N=C1CCCN1c1cccnc1. The fraction of sp³-hybridized carbons (Fsp3) is 0.333. The summed E-state index contributed by atoms with van der Waals surface area (Å²) in [6, 6.07) is 3.90. The molecular formula is C9H11N3. The quantitative estimate of drug-likeness (QED) is 0.680. The lowest BCUT2D eigenvalue weighted by Crippen LogP contribution is -2.22. The standard InChI is InChI=1S/C9H11N3/c10-9-4-2-6-12(9)8-3-1-5-11-7-8/h1,3,5,7,10H,2,4,6H2. The number of rotatable bonds is 1. The molecule has 1 aliphatic heterocycles. The molecule has 0 amide bonds. The monoisotopic (exact) mass is 161 g/mol. The Morgan fingerprint density at radius 2 is 2.42 bits per heavy atom. The first-order valence-electron chi connectivity index (χ1n) is 4.13. The van der Waals surface area contributed by atoms with E-state index in [9.17, 15) is 0 Å². The van der Waals surface area contributed by atoms with Gasteiger partial charge in [0.15, 0.2) is 0 Å². The highest BCUT2D eigenvalue weighted by molar-refractivity contribution is 5.97. The van der Waals surface area contributed by atoms with E-state index in [4.69, 9.17) is 5.41 Å². The molecule has 1 saturated heterocycles. The van der Waals surface area contributed by atoms with Crippen LogP contribution in [-0.2, 0) is 0 Å². The summed E-state index contributed by atoms with van der Waals surface area (Å²) in [5.41, 5.74) is 1.04. The Balaban J connectivity index is 2.25. The molecule has 1 aromatic heterocycles. The molecule has 0 radical (unpaired) electrons. The van der Waals surface area contributed by atoms with Crippen molar-refractivity contribution < 1.29 is 0 Å². The molecular weight excluding hydrogens is 150 g/mol. The lowest BCUT2D eigenvalue weighted by molar-refractivity contribution is 0.954. The van der Waals surface area contributed by atoms with Gasteiger partial charge in [-0.3, -0.25) is 10.4 Å². The molecule has 0 spiro atoms. The van der Waals surface area contributed by atoms with E-state index in [0.717, 1.165) is 25.1 Å². The fourth-order valence-electron chi connectivity index (χ4n) is 1.47. The van der Waals surface area contributed by atoms with Gasteiger partial charge >= 0.3 is 0 Å². The average Bonchev–Trinajstić information content (AvgIpc) is 2.53. The maximum Gasteiger partial charge on any atom is 0.100 e. The summed E-state index contributed by atoms with van der Waals surface area (Å²) >= 11 is 0. The first-order valence-corrected chi connectivity index (χ1v) is 4.13. The van der Waals surface area contributed by atoms with Crippen molar-refractivity contribution in [2.24, 2.45) is 0 Å². The Morgan fingerprint density at radius 3 is 3.00 bits per heavy atom. The minimum Gasteiger partial charge on any atom is -0.329 e. The van der Waals surface area contributed by atoms with Crippen molar-refractivity contribution in [3.8, 4) is 0 Å². The average molecular weight is 161 g/mol. The van der Waals surface area contributed by atoms with E-state index < -0.39 is 0 Å². The summed E-state index contributed by atoms with van der Waals surface area (Å²) in [6.07, 6.45) is 5.55. The third-order valence-corrected chi connectivity index (χ3v) is 2.08. The lowest BCUT2D eigenvalue weighted by Gasteiger charge is -2.16. The Hall–Kier alpha value is -1.38. The second-order valence-electron chi connectivity index (χ2n) is 2.91. The summed E-state index contributed by atoms with van der Waals surface area (Å²) < 4.78 is 0. The van der Waals surface area contributed by atoms with Crippen LogP contribution in [-0.4, -0.2) is 17.4 Å². The Bertz CT molecular complexity index is 281. The highest BCUT2D eigenvalue weighted by atomic mass is 15.2. The molecule has 0 aliphatic carbocycles. The number of aromatic nitrogens is 1. The first kappa shape index (κ1) is 7.28. The molecule has 0 saturated carbocycles.